The predicted octanol–water partition coefficient (Wildman–Crippen LogP) is 7.35. The van der Waals surface area contributed by atoms with Gasteiger partial charge in [0.15, 0.2) is 0 Å². The number of hydrogen-bond acceptors (Lipinski definition) is 0. The summed E-state index contributed by atoms with van der Waals surface area (Å²) >= 11 is 6.75. The summed E-state index contributed by atoms with van der Waals surface area (Å²) in [5.74, 6) is 0. The van der Waals surface area contributed by atoms with Crippen LogP contribution >= 0.6 is 11.6 Å². The van der Waals surface area contributed by atoms with Crippen LogP contribution in [-0.2, 0) is 10.8 Å². The fourth-order valence-electron chi connectivity index (χ4n) is 5.45. The highest BCUT2D eigenvalue weighted by Gasteiger charge is 2.42. The van der Waals surface area contributed by atoms with E-state index in [-0.39, 0.29) is 10.8 Å². The summed E-state index contributed by atoms with van der Waals surface area (Å²) in [5.41, 5.74) is 12.7. The van der Waals surface area contributed by atoms with Crippen LogP contribution in [0.15, 0.2) is 42.0 Å². The van der Waals surface area contributed by atoms with E-state index in [1.807, 2.05) is 0 Å². The number of fused-ring (bicyclic) bond motifs is 5. The van der Waals surface area contributed by atoms with E-state index in [1.165, 1.54) is 50.9 Å². The van der Waals surface area contributed by atoms with Crippen molar-refractivity contribution in [2.45, 2.75) is 58.3 Å². The Balaban J connectivity index is 1.84. The Labute approximate surface area is 161 Å². The number of benzene rings is 2. The Morgan fingerprint density at radius 2 is 1.54 bits per heavy atom. The molecule has 0 heterocycles. The summed E-state index contributed by atoms with van der Waals surface area (Å²) < 4.78 is 0. The molecule has 0 nitrogen and oxygen atoms in total. The maximum absolute atomic E-state index is 6.75. The molecule has 0 saturated heterocycles. The predicted molar refractivity (Wildman–Crippen MR) is 112 cm³/mol. The summed E-state index contributed by atoms with van der Waals surface area (Å²) in [6.07, 6.45) is 7.02. The second-order valence-electron chi connectivity index (χ2n) is 9.20. The second kappa shape index (κ2) is 4.93. The number of aryl methyl sites for hydroxylation is 1. The van der Waals surface area contributed by atoms with Gasteiger partial charge in [0.05, 0.1) is 0 Å². The lowest BCUT2D eigenvalue weighted by Gasteiger charge is -2.26. The number of rotatable bonds is 0. The molecule has 0 N–H and O–H groups in total. The molecule has 0 unspecified atom stereocenters. The lowest BCUT2D eigenvalue weighted by atomic mass is 9.77. The molecule has 2 aromatic carbocycles. The van der Waals surface area contributed by atoms with Gasteiger partial charge in [-0.05, 0) is 76.9 Å². The first-order valence-electron chi connectivity index (χ1n) is 9.63. The Morgan fingerprint density at radius 1 is 0.846 bits per heavy atom. The molecule has 0 saturated carbocycles. The van der Waals surface area contributed by atoms with Crippen LogP contribution in [0, 0.1) is 6.92 Å². The first kappa shape index (κ1) is 16.4. The summed E-state index contributed by atoms with van der Waals surface area (Å²) in [6, 6.07) is 9.35. The van der Waals surface area contributed by atoms with Gasteiger partial charge in [0, 0.05) is 21.4 Å². The topological polar surface area (TPSA) is 0 Å². The zero-order valence-electron chi connectivity index (χ0n) is 16.3. The third kappa shape index (κ3) is 1.86. The van der Waals surface area contributed by atoms with Crippen LogP contribution in [0.1, 0.15) is 68.4 Å². The molecule has 0 amide bonds. The molecule has 0 atom stereocenters. The number of allylic oxidation sites excluding steroid dienone is 4. The van der Waals surface area contributed by atoms with Gasteiger partial charge < -0.3 is 0 Å². The Hall–Kier alpha value is -1.79. The van der Waals surface area contributed by atoms with Crippen molar-refractivity contribution in [2.24, 2.45) is 0 Å². The Bertz CT molecular complexity index is 1040. The minimum Gasteiger partial charge on any atom is -0.0836 e. The van der Waals surface area contributed by atoms with Crippen molar-refractivity contribution in [3.05, 3.63) is 74.8 Å². The van der Waals surface area contributed by atoms with Crippen molar-refractivity contribution in [3.63, 3.8) is 0 Å². The van der Waals surface area contributed by atoms with Crippen molar-refractivity contribution in [2.75, 3.05) is 0 Å². The average Bonchev–Trinajstić information content (AvgIpc) is 2.94. The molecule has 0 aromatic heterocycles. The van der Waals surface area contributed by atoms with Crippen LogP contribution in [0.3, 0.4) is 0 Å². The molecule has 0 spiro atoms. The highest BCUT2D eigenvalue weighted by molar-refractivity contribution is 6.34. The maximum atomic E-state index is 6.75. The molecule has 3 aliphatic rings. The van der Waals surface area contributed by atoms with Gasteiger partial charge in [-0.25, -0.2) is 0 Å². The maximum Gasteiger partial charge on any atom is 0.0490 e. The van der Waals surface area contributed by atoms with E-state index in [0.29, 0.717) is 0 Å². The molecule has 0 bridgehead atoms. The van der Waals surface area contributed by atoms with Crippen molar-refractivity contribution in [3.8, 4) is 11.1 Å². The molecule has 0 radical (unpaired) electrons. The first-order valence-corrected chi connectivity index (χ1v) is 10.0. The smallest absolute Gasteiger partial charge is 0.0490 e. The van der Waals surface area contributed by atoms with Crippen LogP contribution < -0.4 is 0 Å². The summed E-state index contributed by atoms with van der Waals surface area (Å²) in [6.45, 7) is 11.6. The molecule has 132 valence electrons. The average molecular weight is 361 g/mol. The van der Waals surface area contributed by atoms with Crippen LogP contribution in [-0.4, -0.2) is 0 Å². The lowest BCUT2D eigenvalue weighted by molar-refractivity contribution is 0.606. The lowest BCUT2D eigenvalue weighted by Crippen LogP contribution is -2.18. The van der Waals surface area contributed by atoms with Gasteiger partial charge in [0.2, 0.25) is 0 Å². The van der Waals surface area contributed by atoms with E-state index in [1.54, 1.807) is 5.57 Å². The summed E-state index contributed by atoms with van der Waals surface area (Å²) in [4.78, 5) is 0. The molecule has 2 aromatic rings. The molecular formula is C25H25Cl. The van der Waals surface area contributed by atoms with Gasteiger partial charge in [0.25, 0.3) is 0 Å². The number of hydrogen-bond donors (Lipinski definition) is 0. The fourth-order valence-corrected chi connectivity index (χ4v) is 5.82. The quantitative estimate of drug-likeness (QED) is 0.460. The van der Waals surface area contributed by atoms with E-state index in [9.17, 15) is 0 Å². The normalized spacial score (nSPS) is 20.7. The van der Waals surface area contributed by atoms with E-state index < -0.39 is 0 Å². The molecule has 0 aliphatic heterocycles. The van der Waals surface area contributed by atoms with Crippen molar-refractivity contribution in [1.82, 2.24) is 0 Å². The van der Waals surface area contributed by atoms with Gasteiger partial charge in [-0.3, -0.25) is 0 Å². The van der Waals surface area contributed by atoms with E-state index in [2.05, 4.69) is 71.0 Å². The van der Waals surface area contributed by atoms with Gasteiger partial charge in [0.1, 0.15) is 0 Å². The molecule has 26 heavy (non-hydrogen) atoms. The van der Waals surface area contributed by atoms with Crippen LogP contribution in [0.5, 0.6) is 0 Å². The van der Waals surface area contributed by atoms with E-state index in [4.69, 9.17) is 11.6 Å². The first-order chi connectivity index (χ1) is 12.2. The molecule has 5 rings (SSSR count). The van der Waals surface area contributed by atoms with Crippen molar-refractivity contribution < 1.29 is 0 Å². The van der Waals surface area contributed by atoms with Crippen LogP contribution in [0.2, 0.25) is 5.02 Å². The monoisotopic (exact) mass is 360 g/mol. The highest BCUT2D eigenvalue weighted by Crippen LogP contribution is 2.57. The SMILES string of the molecule is Cc1cc(Cl)c2c(c1)C(C)(C)c1cc3c(cc1-2)C(C)(C)C1=C3C=CCC1. The number of halogens is 1. The van der Waals surface area contributed by atoms with Crippen molar-refractivity contribution in [1.29, 1.82) is 0 Å². The van der Waals surface area contributed by atoms with Gasteiger partial charge in [-0.15, -0.1) is 0 Å². The zero-order chi connectivity index (χ0) is 18.4. The largest absolute Gasteiger partial charge is 0.0836 e. The molecule has 1 heteroatoms. The van der Waals surface area contributed by atoms with Gasteiger partial charge in [-0.1, -0.05) is 63.1 Å². The van der Waals surface area contributed by atoms with Crippen LogP contribution in [0.4, 0.5) is 0 Å². The minimum absolute atomic E-state index is 0.0127. The van der Waals surface area contributed by atoms with Gasteiger partial charge in [-0.2, -0.15) is 0 Å². The third-order valence-corrected chi connectivity index (χ3v) is 7.19. The van der Waals surface area contributed by atoms with Crippen LogP contribution in [0.25, 0.3) is 16.7 Å². The van der Waals surface area contributed by atoms with Gasteiger partial charge >= 0.3 is 0 Å². The highest BCUT2D eigenvalue weighted by atomic mass is 35.5. The Kier molecular flexibility index (Phi) is 3.11. The zero-order valence-corrected chi connectivity index (χ0v) is 17.0. The molecule has 0 fully saturated rings. The van der Waals surface area contributed by atoms with E-state index in [0.717, 1.165) is 11.4 Å². The standard InChI is InChI=1S/C25H25Cl/c1-14-10-21-23(22(26)11-14)17-13-19-16(12-20(17)25(21,4)5)15-8-6-7-9-18(15)24(19,2)3/h6,8,10-13H,7,9H2,1-5H3. The Morgan fingerprint density at radius 3 is 2.31 bits per heavy atom. The van der Waals surface area contributed by atoms with Crippen molar-refractivity contribution >= 4 is 17.2 Å². The third-order valence-electron chi connectivity index (χ3n) is 6.90. The summed E-state index contributed by atoms with van der Waals surface area (Å²) in [5, 5.41) is 0.889. The fraction of sp³-hybridized carbons (Fsp3) is 0.360. The molecular weight excluding hydrogens is 336 g/mol. The minimum atomic E-state index is -0.0127. The van der Waals surface area contributed by atoms with E-state index >= 15 is 0 Å². The second-order valence-corrected chi connectivity index (χ2v) is 9.60. The summed E-state index contributed by atoms with van der Waals surface area (Å²) in [7, 11) is 0. The molecule has 3 aliphatic carbocycles.